The molecule has 0 aliphatic carbocycles. The molecule has 0 fully saturated rings. The molecular weight excluding hydrogens is 449 g/mol. The highest BCUT2D eigenvalue weighted by Crippen LogP contribution is 2.18. The van der Waals surface area contributed by atoms with Crippen LogP contribution in [0.1, 0.15) is 24.0 Å². The van der Waals surface area contributed by atoms with Crippen molar-refractivity contribution in [3.8, 4) is 5.75 Å². The van der Waals surface area contributed by atoms with Crippen LogP contribution in [0, 0.1) is 0 Å². The molecule has 0 unspecified atom stereocenters. The minimum Gasteiger partial charge on any atom is -0.488 e. The summed E-state index contributed by atoms with van der Waals surface area (Å²) in [7, 11) is 0. The lowest BCUT2D eigenvalue weighted by Gasteiger charge is -2.09. The van der Waals surface area contributed by atoms with Gasteiger partial charge in [-0.25, -0.2) is 5.43 Å². The van der Waals surface area contributed by atoms with Gasteiger partial charge in [0.2, 0.25) is 11.8 Å². The number of ether oxygens (including phenoxy) is 1. The zero-order valence-corrected chi connectivity index (χ0v) is 18.6. The Balaban J connectivity index is 1.46. The van der Waals surface area contributed by atoms with Gasteiger partial charge in [0.1, 0.15) is 12.4 Å². The number of hydrazone groups is 1. The third kappa shape index (κ3) is 7.72. The Morgan fingerprint density at radius 3 is 2.41 bits per heavy atom. The first kappa shape index (κ1) is 23.3. The molecule has 0 radical (unpaired) electrons. The number of anilines is 1. The summed E-state index contributed by atoms with van der Waals surface area (Å²) >= 11 is 11.8. The number of hydrogen-bond acceptors (Lipinski definition) is 4. The van der Waals surface area contributed by atoms with Gasteiger partial charge in [0, 0.05) is 34.1 Å². The Bertz CT molecular complexity index is 1100. The van der Waals surface area contributed by atoms with Crippen LogP contribution in [-0.2, 0) is 16.2 Å². The fourth-order valence-corrected chi connectivity index (χ4v) is 3.02. The Hall–Kier alpha value is -3.35. The fraction of sp³-hybridized carbons (Fsp3) is 0.125. The summed E-state index contributed by atoms with van der Waals surface area (Å²) in [5.41, 5.74) is 4.69. The molecular formula is C24H21Cl2N3O3. The van der Waals surface area contributed by atoms with Crippen molar-refractivity contribution in [2.75, 3.05) is 5.32 Å². The van der Waals surface area contributed by atoms with Crippen molar-refractivity contribution in [3.05, 3.63) is 94.0 Å². The van der Waals surface area contributed by atoms with Gasteiger partial charge in [0.05, 0.1) is 6.21 Å². The van der Waals surface area contributed by atoms with Crippen LogP contribution in [0.4, 0.5) is 5.69 Å². The highest BCUT2D eigenvalue weighted by Gasteiger charge is 2.07. The van der Waals surface area contributed by atoms with Gasteiger partial charge < -0.3 is 10.1 Å². The molecule has 32 heavy (non-hydrogen) atoms. The number of para-hydroxylation sites is 1. The van der Waals surface area contributed by atoms with Crippen molar-refractivity contribution < 1.29 is 14.3 Å². The molecule has 3 rings (SSSR count). The summed E-state index contributed by atoms with van der Waals surface area (Å²) in [4.78, 5) is 24.0. The number of halogens is 2. The molecule has 0 aromatic heterocycles. The number of benzene rings is 3. The van der Waals surface area contributed by atoms with E-state index in [0.29, 0.717) is 33.7 Å². The largest absolute Gasteiger partial charge is 0.488 e. The second kappa shape index (κ2) is 11.9. The minimum atomic E-state index is -0.373. The van der Waals surface area contributed by atoms with E-state index in [1.165, 1.54) is 6.21 Å². The second-order valence-corrected chi connectivity index (χ2v) is 7.68. The molecule has 3 aromatic rings. The van der Waals surface area contributed by atoms with Crippen LogP contribution in [0.15, 0.2) is 77.9 Å². The molecule has 164 valence electrons. The van der Waals surface area contributed by atoms with Gasteiger partial charge in [0.15, 0.2) is 0 Å². The van der Waals surface area contributed by atoms with E-state index in [9.17, 15) is 9.59 Å². The van der Waals surface area contributed by atoms with E-state index in [4.69, 9.17) is 27.9 Å². The van der Waals surface area contributed by atoms with Crippen LogP contribution in [0.5, 0.6) is 5.75 Å². The highest BCUT2D eigenvalue weighted by atomic mass is 35.5. The van der Waals surface area contributed by atoms with Gasteiger partial charge in [-0.1, -0.05) is 53.5 Å². The van der Waals surface area contributed by atoms with Crippen LogP contribution in [0.3, 0.4) is 0 Å². The van der Waals surface area contributed by atoms with Gasteiger partial charge in [-0.2, -0.15) is 5.10 Å². The predicted molar refractivity (Wildman–Crippen MR) is 127 cm³/mol. The Labute approximate surface area is 196 Å². The average Bonchev–Trinajstić information content (AvgIpc) is 2.78. The quantitative estimate of drug-likeness (QED) is 0.323. The number of nitrogens with zero attached hydrogens (tertiary/aromatic N) is 1. The van der Waals surface area contributed by atoms with Crippen LogP contribution in [0.25, 0.3) is 0 Å². The molecule has 0 aliphatic heterocycles. The summed E-state index contributed by atoms with van der Waals surface area (Å²) in [5, 5.41) is 7.85. The number of hydrogen-bond donors (Lipinski definition) is 2. The van der Waals surface area contributed by atoms with E-state index < -0.39 is 0 Å². The third-order valence-corrected chi connectivity index (χ3v) is 4.79. The summed E-state index contributed by atoms with van der Waals surface area (Å²) in [6.07, 6.45) is 1.52. The molecule has 6 nitrogen and oxygen atoms in total. The maximum Gasteiger partial charge on any atom is 0.240 e. The maximum atomic E-state index is 12.0. The van der Waals surface area contributed by atoms with Crippen molar-refractivity contribution >= 4 is 46.9 Å². The van der Waals surface area contributed by atoms with Gasteiger partial charge in [-0.05, 0) is 48.0 Å². The van der Waals surface area contributed by atoms with E-state index in [-0.39, 0.29) is 24.7 Å². The van der Waals surface area contributed by atoms with Crippen LogP contribution in [0.2, 0.25) is 10.0 Å². The lowest BCUT2D eigenvalue weighted by molar-refractivity contribution is -0.124. The van der Waals surface area contributed by atoms with Gasteiger partial charge in [-0.15, -0.1) is 0 Å². The first-order valence-electron chi connectivity index (χ1n) is 9.83. The van der Waals surface area contributed by atoms with Crippen molar-refractivity contribution in [2.24, 2.45) is 5.10 Å². The molecule has 2 amide bonds. The van der Waals surface area contributed by atoms with E-state index in [1.54, 1.807) is 36.4 Å². The van der Waals surface area contributed by atoms with Crippen molar-refractivity contribution in [1.29, 1.82) is 0 Å². The molecule has 0 atom stereocenters. The SMILES string of the molecule is O=C(CCC(=O)Nc1cccc(Cl)c1)NN=Cc1ccccc1OCc1ccc(Cl)cc1. The fourth-order valence-electron chi connectivity index (χ4n) is 2.71. The molecule has 0 saturated heterocycles. The van der Waals surface area contributed by atoms with Crippen molar-refractivity contribution in [1.82, 2.24) is 5.43 Å². The zero-order chi connectivity index (χ0) is 22.8. The summed E-state index contributed by atoms with van der Waals surface area (Å²) in [5.74, 6) is -0.0317. The second-order valence-electron chi connectivity index (χ2n) is 6.80. The Morgan fingerprint density at radius 1 is 0.875 bits per heavy atom. The van der Waals surface area contributed by atoms with Gasteiger partial charge >= 0.3 is 0 Å². The average molecular weight is 470 g/mol. The lowest BCUT2D eigenvalue weighted by Crippen LogP contribution is -2.20. The number of carbonyl (C=O) groups is 2. The number of nitrogens with one attached hydrogen (secondary N) is 2. The van der Waals surface area contributed by atoms with E-state index in [0.717, 1.165) is 5.56 Å². The standard InChI is InChI=1S/C24H21Cl2N3O3/c25-19-10-8-17(9-11-19)16-32-22-7-2-1-4-18(22)15-27-29-24(31)13-12-23(30)28-21-6-3-5-20(26)14-21/h1-11,14-15H,12-13,16H2,(H,28,30)(H,29,31). The maximum absolute atomic E-state index is 12.0. The third-order valence-electron chi connectivity index (χ3n) is 4.31. The first-order chi connectivity index (χ1) is 15.5. The molecule has 8 heteroatoms. The van der Waals surface area contributed by atoms with Crippen LogP contribution < -0.4 is 15.5 Å². The molecule has 0 saturated carbocycles. The first-order valence-corrected chi connectivity index (χ1v) is 10.6. The van der Waals surface area contributed by atoms with E-state index >= 15 is 0 Å². The van der Waals surface area contributed by atoms with Gasteiger partial charge in [0.25, 0.3) is 0 Å². The molecule has 0 spiro atoms. The molecule has 2 N–H and O–H groups in total. The minimum absolute atomic E-state index is 0.00154. The van der Waals surface area contributed by atoms with E-state index in [2.05, 4.69) is 15.8 Å². The normalized spacial score (nSPS) is 10.7. The van der Waals surface area contributed by atoms with Crippen molar-refractivity contribution in [2.45, 2.75) is 19.4 Å². The summed E-state index contributed by atoms with van der Waals surface area (Å²) in [6.45, 7) is 0.371. The smallest absolute Gasteiger partial charge is 0.240 e. The monoisotopic (exact) mass is 469 g/mol. The molecule has 3 aromatic carbocycles. The summed E-state index contributed by atoms with van der Waals surface area (Å²) in [6, 6.07) is 21.5. The molecule has 0 aliphatic rings. The van der Waals surface area contributed by atoms with Gasteiger partial charge in [-0.3, -0.25) is 9.59 Å². The molecule has 0 heterocycles. The van der Waals surface area contributed by atoms with Crippen molar-refractivity contribution in [3.63, 3.8) is 0 Å². The number of carbonyl (C=O) groups excluding carboxylic acids is 2. The highest BCUT2D eigenvalue weighted by molar-refractivity contribution is 6.31. The number of rotatable bonds is 9. The zero-order valence-electron chi connectivity index (χ0n) is 17.1. The Morgan fingerprint density at radius 2 is 1.62 bits per heavy atom. The predicted octanol–water partition coefficient (Wildman–Crippen LogP) is 5.44. The topological polar surface area (TPSA) is 79.8 Å². The van der Waals surface area contributed by atoms with Crippen LogP contribution >= 0.6 is 23.2 Å². The number of amides is 2. The van der Waals surface area contributed by atoms with Crippen LogP contribution in [-0.4, -0.2) is 18.0 Å². The van der Waals surface area contributed by atoms with E-state index in [1.807, 2.05) is 36.4 Å². The molecule has 0 bridgehead atoms. The Kier molecular flexibility index (Phi) is 8.66. The lowest BCUT2D eigenvalue weighted by atomic mass is 10.2. The summed E-state index contributed by atoms with van der Waals surface area (Å²) < 4.78 is 5.86.